The zero-order chi connectivity index (χ0) is 12.8. The Bertz CT molecular complexity index is 156. The molecule has 0 aromatic carbocycles. The molecule has 0 amide bonds. The summed E-state index contributed by atoms with van der Waals surface area (Å²) in [6, 6.07) is 0. The number of ether oxygens (including phenoxy) is 3. The quantitative estimate of drug-likeness (QED) is 0.479. The molecule has 0 spiro atoms. The summed E-state index contributed by atoms with van der Waals surface area (Å²) in [4.78, 5) is 0. The molecule has 0 saturated heterocycles. The van der Waals surface area contributed by atoms with Crippen molar-refractivity contribution in [2.75, 3.05) is 6.61 Å². The molecule has 5 heteroatoms. The van der Waals surface area contributed by atoms with Crippen molar-refractivity contribution in [3.8, 4) is 0 Å². The second-order valence-electron chi connectivity index (χ2n) is 4.62. The van der Waals surface area contributed by atoms with E-state index < -0.39 is 5.97 Å². The monoisotopic (exact) mass is 250 g/mol. The maximum atomic E-state index is 5.75. The van der Waals surface area contributed by atoms with Gasteiger partial charge in [0.2, 0.25) is 0 Å². The van der Waals surface area contributed by atoms with Crippen molar-refractivity contribution >= 4 is 10.5 Å². The molecule has 0 N–H and O–H groups in total. The van der Waals surface area contributed by atoms with E-state index in [2.05, 4.69) is 0 Å². The average Bonchev–Trinajstić information content (AvgIpc) is 1.98. The summed E-state index contributed by atoms with van der Waals surface area (Å²) in [6.07, 6.45) is 0.0675. The van der Waals surface area contributed by atoms with Crippen LogP contribution in [0.25, 0.3) is 0 Å². The van der Waals surface area contributed by atoms with Crippen molar-refractivity contribution in [1.29, 1.82) is 0 Å². The first-order valence-corrected chi connectivity index (χ1v) is 6.65. The summed E-state index contributed by atoms with van der Waals surface area (Å²) in [6.45, 7) is 12.0. The van der Waals surface area contributed by atoms with Gasteiger partial charge in [0.05, 0.1) is 18.3 Å². The summed E-state index contributed by atoms with van der Waals surface area (Å²) in [5.41, 5.74) is 0. The Morgan fingerprint density at radius 1 is 0.812 bits per heavy atom. The molecule has 0 fully saturated rings. The van der Waals surface area contributed by atoms with E-state index in [1.807, 2.05) is 41.5 Å². The normalized spacial score (nSPS) is 13.3. The van der Waals surface area contributed by atoms with Gasteiger partial charge in [-0.15, -0.1) is 0 Å². The van der Waals surface area contributed by atoms with Crippen LogP contribution in [-0.2, 0) is 18.6 Å². The standard InChI is InChI=1S/C11H26O4Si/c1-8(2)13-11(7-12-16,14-9(3)4)15-10(5)6/h8-10H,7H2,1-6,16H3. The molecule has 98 valence electrons. The van der Waals surface area contributed by atoms with Gasteiger partial charge in [0, 0.05) is 0 Å². The van der Waals surface area contributed by atoms with E-state index in [1.165, 1.54) is 0 Å². The van der Waals surface area contributed by atoms with Gasteiger partial charge in [-0.05, 0) is 41.5 Å². The first-order chi connectivity index (χ1) is 7.31. The zero-order valence-corrected chi connectivity index (χ0v) is 13.6. The fourth-order valence-corrected chi connectivity index (χ4v) is 1.79. The number of rotatable bonds is 8. The lowest BCUT2D eigenvalue weighted by atomic mass is 10.4. The largest absolute Gasteiger partial charge is 0.420 e. The van der Waals surface area contributed by atoms with Crippen LogP contribution in [0.3, 0.4) is 0 Å². The van der Waals surface area contributed by atoms with Crippen molar-refractivity contribution in [1.82, 2.24) is 0 Å². The molecule has 0 atom stereocenters. The van der Waals surface area contributed by atoms with E-state index in [9.17, 15) is 0 Å². The molecule has 0 saturated carbocycles. The predicted molar refractivity (Wildman–Crippen MR) is 67.3 cm³/mol. The van der Waals surface area contributed by atoms with E-state index in [0.717, 1.165) is 0 Å². The topological polar surface area (TPSA) is 36.9 Å². The van der Waals surface area contributed by atoms with Gasteiger partial charge in [0.25, 0.3) is 0 Å². The molecule has 0 radical (unpaired) electrons. The van der Waals surface area contributed by atoms with Gasteiger partial charge in [0.15, 0.2) is 0 Å². The first kappa shape index (κ1) is 16.1. The van der Waals surface area contributed by atoms with Gasteiger partial charge in [-0.3, -0.25) is 0 Å². The van der Waals surface area contributed by atoms with Crippen molar-refractivity contribution in [2.45, 2.75) is 65.8 Å². The van der Waals surface area contributed by atoms with Crippen LogP contribution >= 0.6 is 0 Å². The van der Waals surface area contributed by atoms with E-state index >= 15 is 0 Å². The number of hydrogen-bond acceptors (Lipinski definition) is 4. The highest BCUT2D eigenvalue weighted by Crippen LogP contribution is 2.22. The Morgan fingerprint density at radius 3 is 1.31 bits per heavy atom. The van der Waals surface area contributed by atoms with E-state index in [0.29, 0.717) is 17.1 Å². The summed E-state index contributed by atoms with van der Waals surface area (Å²) in [7, 11) is 0.631. The molecule has 0 bridgehead atoms. The van der Waals surface area contributed by atoms with Gasteiger partial charge in [-0.1, -0.05) is 0 Å². The molecule has 0 aliphatic heterocycles. The Morgan fingerprint density at radius 2 is 1.12 bits per heavy atom. The van der Waals surface area contributed by atoms with Crippen LogP contribution in [0.4, 0.5) is 0 Å². The molecular formula is C11H26O4Si. The minimum Gasteiger partial charge on any atom is -0.420 e. The average molecular weight is 250 g/mol. The SMILES string of the molecule is CC(C)OC(CO[SiH3])(OC(C)C)OC(C)C. The molecule has 0 unspecified atom stereocenters. The maximum Gasteiger partial charge on any atom is 0.307 e. The van der Waals surface area contributed by atoms with E-state index in [-0.39, 0.29) is 18.3 Å². The molecule has 0 aromatic heterocycles. The molecule has 0 aliphatic rings. The van der Waals surface area contributed by atoms with Crippen molar-refractivity contribution in [2.24, 2.45) is 0 Å². The summed E-state index contributed by atoms with van der Waals surface area (Å²) < 4.78 is 22.5. The van der Waals surface area contributed by atoms with Crippen LogP contribution in [0, 0.1) is 0 Å². The highest BCUT2D eigenvalue weighted by Gasteiger charge is 2.37. The minimum atomic E-state index is -1.07. The van der Waals surface area contributed by atoms with Crippen LogP contribution in [0.1, 0.15) is 41.5 Å². The molecular weight excluding hydrogens is 224 g/mol. The predicted octanol–water partition coefficient (Wildman–Crippen LogP) is 1.21. The molecule has 0 heterocycles. The third-order valence-corrected chi connectivity index (χ3v) is 1.86. The Labute approximate surface area is 102 Å². The fraction of sp³-hybridized carbons (Fsp3) is 1.00. The third-order valence-electron chi connectivity index (χ3n) is 1.57. The summed E-state index contributed by atoms with van der Waals surface area (Å²) in [5, 5.41) is 0. The van der Waals surface area contributed by atoms with Crippen molar-refractivity contribution in [3.63, 3.8) is 0 Å². The molecule has 4 nitrogen and oxygen atoms in total. The molecule has 0 aromatic rings. The minimum absolute atomic E-state index is 0.0225. The van der Waals surface area contributed by atoms with Gasteiger partial charge < -0.3 is 18.6 Å². The van der Waals surface area contributed by atoms with Crippen LogP contribution in [0.15, 0.2) is 0 Å². The molecule has 0 aliphatic carbocycles. The second kappa shape index (κ2) is 7.40. The number of hydrogen-bond donors (Lipinski definition) is 0. The Balaban J connectivity index is 4.72. The lowest BCUT2D eigenvalue weighted by Gasteiger charge is -2.37. The van der Waals surface area contributed by atoms with Gasteiger partial charge in [-0.25, -0.2) is 0 Å². The van der Waals surface area contributed by atoms with E-state index in [1.54, 1.807) is 0 Å². The highest BCUT2D eigenvalue weighted by atomic mass is 28.2. The third kappa shape index (κ3) is 6.60. The zero-order valence-electron chi connectivity index (χ0n) is 11.6. The van der Waals surface area contributed by atoms with Gasteiger partial charge in [-0.2, -0.15) is 0 Å². The fourth-order valence-electron chi connectivity index (χ4n) is 1.44. The van der Waals surface area contributed by atoms with E-state index in [4.69, 9.17) is 18.6 Å². The van der Waals surface area contributed by atoms with Crippen LogP contribution in [0.5, 0.6) is 0 Å². The van der Waals surface area contributed by atoms with Crippen molar-refractivity contribution in [3.05, 3.63) is 0 Å². The summed E-state index contributed by atoms with van der Waals surface area (Å²) >= 11 is 0. The van der Waals surface area contributed by atoms with Crippen LogP contribution < -0.4 is 0 Å². The Kier molecular flexibility index (Phi) is 7.42. The lowest BCUT2D eigenvalue weighted by molar-refractivity contribution is -0.416. The van der Waals surface area contributed by atoms with Gasteiger partial charge >= 0.3 is 5.97 Å². The smallest absolute Gasteiger partial charge is 0.307 e. The van der Waals surface area contributed by atoms with Crippen molar-refractivity contribution < 1.29 is 18.6 Å². The van der Waals surface area contributed by atoms with Crippen LogP contribution in [-0.4, -0.2) is 41.4 Å². The second-order valence-corrected chi connectivity index (χ2v) is 5.19. The lowest BCUT2D eigenvalue weighted by Crippen LogP contribution is -2.48. The summed E-state index contributed by atoms with van der Waals surface area (Å²) in [5.74, 6) is -1.07. The first-order valence-electron chi connectivity index (χ1n) is 5.83. The highest BCUT2D eigenvalue weighted by molar-refractivity contribution is 5.97. The maximum absolute atomic E-state index is 5.75. The molecule has 16 heavy (non-hydrogen) atoms. The van der Waals surface area contributed by atoms with Crippen LogP contribution in [0.2, 0.25) is 0 Å². The Hall–Kier alpha value is 0.0569. The molecule has 0 rings (SSSR count). The van der Waals surface area contributed by atoms with Gasteiger partial charge in [0.1, 0.15) is 17.1 Å².